The highest BCUT2D eigenvalue weighted by atomic mass is 79.9. The Morgan fingerprint density at radius 3 is 2.38 bits per heavy atom. The Balaban J connectivity index is 1.92. The van der Waals surface area contributed by atoms with E-state index in [0.29, 0.717) is 28.8 Å². The molecule has 0 aromatic heterocycles. The molecule has 1 N–H and O–H groups in total. The van der Waals surface area contributed by atoms with E-state index in [-0.39, 0.29) is 17.9 Å². The van der Waals surface area contributed by atoms with Crippen molar-refractivity contribution in [3.63, 3.8) is 0 Å². The molecular formula is C20H26BrNO4. The molecule has 1 amide bonds. The molecule has 1 atom stereocenters. The van der Waals surface area contributed by atoms with Gasteiger partial charge in [0, 0.05) is 4.47 Å². The monoisotopic (exact) mass is 423 g/mol. The van der Waals surface area contributed by atoms with Crippen LogP contribution in [0.5, 0.6) is 0 Å². The molecule has 6 heteroatoms. The van der Waals surface area contributed by atoms with E-state index >= 15 is 0 Å². The van der Waals surface area contributed by atoms with Gasteiger partial charge in [-0.3, -0.25) is 9.69 Å². The second kappa shape index (κ2) is 6.97. The molecule has 0 radical (unpaired) electrons. The third kappa shape index (κ3) is 3.41. The van der Waals surface area contributed by atoms with Gasteiger partial charge in [0.1, 0.15) is 5.72 Å². The number of aliphatic carboxylic acids is 1. The van der Waals surface area contributed by atoms with Crippen LogP contribution in [0.1, 0.15) is 56.8 Å². The fraction of sp³-hybridized carbons (Fsp3) is 0.600. The number of nitrogens with zero attached hydrogens (tertiary/aromatic N) is 1. The van der Waals surface area contributed by atoms with E-state index in [9.17, 15) is 14.7 Å². The molecule has 5 nitrogen and oxygen atoms in total. The zero-order valence-corrected chi connectivity index (χ0v) is 17.1. The minimum Gasteiger partial charge on any atom is -0.480 e. The first-order chi connectivity index (χ1) is 12.2. The summed E-state index contributed by atoms with van der Waals surface area (Å²) in [6.45, 7) is 6.74. The Morgan fingerprint density at radius 2 is 1.85 bits per heavy atom. The summed E-state index contributed by atoms with van der Waals surface area (Å²) in [4.78, 5) is 26.6. The minimum absolute atomic E-state index is 0.0473. The Morgan fingerprint density at radius 1 is 1.23 bits per heavy atom. The molecule has 1 saturated carbocycles. The van der Waals surface area contributed by atoms with Crippen LogP contribution >= 0.6 is 15.9 Å². The molecule has 1 saturated heterocycles. The Kier molecular flexibility index (Phi) is 5.19. The average molecular weight is 424 g/mol. The molecule has 2 fully saturated rings. The molecular weight excluding hydrogens is 398 g/mol. The zero-order valence-electron chi connectivity index (χ0n) is 15.5. The molecule has 1 aliphatic heterocycles. The van der Waals surface area contributed by atoms with Crippen molar-refractivity contribution < 1.29 is 19.4 Å². The molecule has 26 heavy (non-hydrogen) atoms. The Labute approximate surface area is 162 Å². The molecule has 142 valence electrons. The van der Waals surface area contributed by atoms with Crippen LogP contribution in [0.2, 0.25) is 0 Å². The molecule has 1 aromatic rings. The molecule has 2 aliphatic rings. The lowest BCUT2D eigenvalue weighted by atomic mass is 9.70. The highest BCUT2D eigenvalue weighted by molar-refractivity contribution is 9.10. The Bertz CT molecular complexity index is 704. The van der Waals surface area contributed by atoms with Crippen LogP contribution in [0.4, 0.5) is 0 Å². The smallest absolute Gasteiger partial charge is 0.328 e. The van der Waals surface area contributed by atoms with Crippen molar-refractivity contribution in [2.75, 3.05) is 6.61 Å². The lowest BCUT2D eigenvalue weighted by molar-refractivity contribution is -0.144. The summed E-state index contributed by atoms with van der Waals surface area (Å²) in [5, 5.41) is 9.66. The second-order valence-electron chi connectivity index (χ2n) is 8.41. The largest absolute Gasteiger partial charge is 0.480 e. The molecule has 0 unspecified atom stereocenters. The number of carbonyl (C=O) groups excluding carboxylic acids is 1. The van der Waals surface area contributed by atoms with Gasteiger partial charge in [-0.25, -0.2) is 4.79 Å². The first kappa shape index (κ1) is 19.4. The summed E-state index contributed by atoms with van der Waals surface area (Å²) in [6, 6.07) is 6.19. The SMILES string of the molecule is CC(C)(C)C1CCC2(CC1)OC[C@@H](C(=O)O)N2C(=O)c1ccccc1Br. The van der Waals surface area contributed by atoms with Crippen molar-refractivity contribution in [2.45, 2.75) is 58.2 Å². The summed E-state index contributed by atoms with van der Waals surface area (Å²) in [5.41, 5.74) is -0.137. The van der Waals surface area contributed by atoms with E-state index in [4.69, 9.17) is 4.74 Å². The van der Waals surface area contributed by atoms with Crippen LogP contribution in [0.3, 0.4) is 0 Å². The number of ether oxygens (including phenoxy) is 1. The van der Waals surface area contributed by atoms with Crippen molar-refractivity contribution in [1.29, 1.82) is 0 Å². The molecule has 1 heterocycles. The van der Waals surface area contributed by atoms with Gasteiger partial charge in [0.25, 0.3) is 5.91 Å². The predicted octanol–water partition coefficient (Wildman–Crippen LogP) is 4.31. The number of halogens is 1. The van der Waals surface area contributed by atoms with E-state index < -0.39 is 17.7 Å². The first-order valence-electron chi connectivity index (χ1n) is 9.11. The van der Waals surface area contributed by atoms with Crippen LogP contribution in [-0.4, -0.2) is 40.3 Å². The predicted molar refractivity (Wildman–Crippen MR) is 102 cm³/mol. The maximum absolute atomic E-state index is 13.3. The number of hydrogen-bond acceptors (Lipinski definition) is 3. The molecule has 1 aliphatic carbocycles. The highest BCUT2D eigenvalue weighted by Gasteiger charge is 2.54. The van der Waals surface area contributed by atoms with E-state index in [1.165, 1.54) is 4.90 Å². The van der Waals surface area contributed by atoms with E-state index in [1.807, 2.05) is 6.07 Å². The van der Waals surface area contributed by atoms with Crippen LogP contribution < -0.4 is 0 Å². The fourth-order valence-corrected chi connectivity index (χ4v) is 4.71. The highest BCUT2D eigenvalue weighted by Crippen LogP contribution is 2.47. The number of carbonyl (C=O) groups is 2. The summed E-state index contributed by atoms with van der Waals surface area (Å²) in [6.07, 6.45) is 3.20. The lowest BCUT2D eigenvalue weighted by Gasteiger charge is -2.46. The standard InChI is InChI=1S/C20H26BrNO4/c1-19(2,3)13-8-10-20(11-9-13)22(16(12-26-20)18(24)25)17(23)14-6-4-5-7-15(14)21/h4-7,13,16H,8-12H2,1-3H3,(H,24,25)/t13?,16-,20?/m0/s1. The van der Waals surface area contributed by atoms with Gasteiger partial charge in [-0.05, 0) is 65.1 Å². The van der Waals surface area contributed by atoms with E-state index in [2.05, 4.69) is 36.7 Å². The van der Waals surface area contributed by atoms with Crippen molar-refractivity contribution >= 4 is 27.8 Å². The summed E-state index contributed by atoms with van der Waals surface area (Å²) >= 11 is 3.41. The van der Waals surface area contributed by atoms with Crippen molar-refractivity contribution in [3.8, 4) is 0 Å². The van der Waals surface area contributed by atoms with Gasteiger partial charge in [0.05, 0.1) is 12.2 Å². The van der Waals surface area contributed by atoms with E-state index in [1.54, 1.807) is 18.2 Å². The second-order valence-corrected chi connectivity index (χ2v) is 9.26. The summed E-state index contributed by atoms with van der Waals surface area (Å²) < 4.78 is 6.69. The maximum Gasteiger partial charge on any atom is 0.328 e. The zero-order chi connectivity index (χ0) is 19.1. The van der Waals surface area contributed by atoms with Gasteiger partial charge in [-0.1, -0.05) is 32.9 Å². The van der Waals surface area contributed by atoms with Gasteiger partial charge in [0.2, 0.25) is 0 Å². The normalized spacial score (nSPS) is 29.2. The molecule has 1 aromatic carbocycles. The van der Waals surface area contributed by atoms with Gasteiger partial charge in [-0.2, -0.15) is 0 Å². The van der Waals surface area contributed by atoms with Gasteiger partial charge in [0.15, 0.2) is 6.04 Å². The van der Waals surface area contributed by atoms with E-state index in [0.717, 1.165) is 12.8 Å². The average Bonchev–Trinajstić information content (AvgIpc) is 2.93. The van der Waals surface area contributed by atoms with Crippen molar-refractivity contribution in [1.82, 2.24) is 4.90 Å². The third-order valence-corrected chi connectivity index (χ3v) is 6.55. The molecule has 1 spiro atoms. The van der Waals surface area contributed by atoms with Crippen molar-refractivity contribution in [3.05, 3.63) is 34.3 Å². The quantitative estimate of drug-likeness (QED) is 0.769. The number of hydrogen-bond donors (Lipinski definition) is 1. The van der Waals surface area contributed by atoms with Gasteiger partial charge in [-0.15, -0.1) is 0 Å². The van der Waals surface area contributed by atoms with Crippen molar-refractivity contribution in [2.24, 2.45) is 11.3 Å². The minimum atomic E-state index is -1.01. The number of amides is 1. The number of rotatable bonds is 2. The molecule has 0 bridgehead atoms. The fourth-order valence-electron chi connectivity index (χ4n) is 4.26. The number of carboxylic acid groups (broad SMARTS) is 1. The number of benzene rings is 1. The third-order valence-electron chi connectivity index (χ3n) is 5.86. The summed E-state index contributed by atoms with van der Waals surface area (Å²) in [5.74, 6) is -0.752. The molecule has 3 rings (SSSR count). The lowest BCUT2D eigenvalue weighted by Crippen LogP contribution is -2.55. The summed E-state index contributed by atoms with van der Waals surface area (Å²) in [7, 11) is 0. The first-order valence-corrected chi connectivity index (χ1v) is 9.90. The topological polar surface area (TPSA) is 66.8 Å². The van der Waals surface area contributed by atoms with Gasteiger partial charge >= 0.3 is 5.97 Å². The van der Waals surface area contributed by atoms with Crippen LogP contribution in [-0.2, 0) is 9.53 Å². The maximum atomic E-state index is 13.3. The number of carboxylic acids is 1. The van der Waals surface area contributed by atoms with Crippen LogP contribution in [0.25, 0.3) is 0 Å². The Hall–Kier alpha value is -1.40. The van der Waals surface area contributed by atoms with Gasteiger partial charge < -0.3 is 9.84 Å². The van der Waals surface area contributed by atoms with Crippen LogP contribution in [0.15, 0.2) is 28.7 Å². The van der Waals surface area contributed by atoms with Crippen LogP contribution in [0, 0.1) is 11.3 Å².